The van der Waals surface area contributed by atoms with Crippen molar-refractivity contribution in [3.8, 4) is 0 Å². The number of carbonyl (C=O) groups excluding carboxylic acids is 3. The molecule has 0 unspecified atom stereocenters. The number of fused-ring (bicyclic) bond motifs is 1. The van der Waals surface area contributed by atoms with Crippen LogP contribution in [-0.2, 0) is 16.1 Å². The number of benzene rings is 2. The zero-order valence-electron chi connectivity index (χ0n) is 17.5. The maximum absolute atomic E-state index is 13.5. The predicted octanol–water partition coefficient (Wildman–Crippen LogP) is 3.47. The average Bonchev–Trinajstić information content (AvgIpc) is 3.09. The number of carbonyl (C=O) groups is 3. The van der Waals surface area contributed by atoms with Crippen molar-refractivity contribution in [3.05, 3.63) is 65.0 Å². The van der Waals surface area contributed by atoms with E-state index in [2.05, 4.69) is 5.32 Å². The average molecular weight is 445 g/mol. The van der Waals surface area contributed by atoms with Gasteiger partial charge in [-0.1, -0.05) is 18.2 Å². The first-order valence-electron chi connectivity index (χ1n) is 10.3. The van der Waals surface area contributed by atoms with Crippen molar-refractivity contribution >= 4 is 23.4 Å². The van der Waals surface area contributed by atoms with Crippen molar-refractivity contribution in [2.24, 2.45) is 0 Å². The summed E-state index contributed by atoms with van der Waals surface area (Å²) in [5, 5.41) is 2.41. The third-order valence-electron chi connectivity index (χ3n) is 6.29. The van der Waals surface area contributed by atoms with Crippen LogP contribution < -0.4 is 5.32 Å². The summed E-state index contributed by atoms with van der Waals surface area (Å²) in [6, 6.07) is 8.62. The summed E-state index contributed by atoms with van der Waals surface area (Å²) in [6.45, 7) is 2.56. The fourth-order valence-electron chi connectivity index (χ4n) is 4.55. The van der Waals surface area contributed by atoms with Crippen LogP contribution in [0.15, 0.2) is 36.4 Å². The predicted molar refractivity (Wildman–Crippen MR) is 110 cm³/mol. The number of rotatable bonds is 4. The summed E-state index contributed by atoms with van der Waals surface area (Å²) < 4.78 is 40.3. The number of nitrogens with zero attached hydrogens (tertiary/aromatic N) is 2. The number of anilines is 1. The van der Waals surface area contributed by atoms with E-state index >= 15 is 0 Å². The Balaban J connectivity index is 1.59. The first-order chi connectivity index (χ1) is 15.2. The molecule has 1 saturated heterocycles. The molecule has 0 atom stereocenters. The van der Waals surface area contributed by atoms with Gasteiger partial charge in [0.1, 0.15) is 0 Å². The molecule has 2 aliphatic rings. The first kappa shape index (κ1) is 21.9. The zero-order chi connectivity index (χ0) is 23.0. The van der Waals surface area contributed by atoms with E-state index in [4.69, 9.17) is 0 Å². The van der Waals surface area contributed by atoms with Gasteiger partial charge in [0.15, 0.2) is 17.5 Å². The first-order valence-corrected chi connectivity index (χ1v) is 10.3. The van der Waals surface area contributed by atoms with Crippen LogP contribution in [0.25, 0.3) is 0 Å². The van der Waals surface area contributed by atoms with Gasteiger partial charge in [0.25, 0.3) is 5.91 Å². The Kier molecular flexibility index (Phi) is 5.66. The van der Waals surface area contributed by atoms with Crippen LogP contribution in [0.4, 0.5) is 18.9 Å². The second kappa shape index (κ2) is 8.29. The third kappa shape index (κ3) is 3.94. The highest BCUT2D eigenvalue weighted by molar-refractivity contribution is 5.99. The van der Waals surface area contributed by atoms with Gasteiger partial charge in [-0.05, 0) is 24.5 Å². The van der Waals surface area contributed by atoms with Crippen molar-refractivity contribution < 1.29 is 27.6 Å². The maximum atomic E-state index is 13.5. The lowest BCUT2D eigenvalue weighted by Gasteiger charge is -2.47. The largest absolute Gasteiger partial charge is 0.343 e. The van der Waals surface area contributed by atoms with Gasteiger partial charge in [0, 0.05) is 49.9 Å². The second-order valence-electron chi connectivity index (χ2n) is 8.26. The molecule has 9 heteroatoms. The molecule has 6 nitrogen and oxygen atoms in total. The molecule has 2 aliphatic heterocycles. The SMILES string of the molecule is CC(=O)N1CCC(CC(=O)Nc2cc(F)c(F)c(F)c2)(N2Cc3ccccc3C2=O)CC1. The van der Waals surface area contributed by atoms with Gasteiger partial charge in [-0.15, -0.1) is 0 Å². The Labute approximate surface area is 183 Å². The molecule has 0 aliphatic carbocycles. The summed E-state index contributed by atoms with van der Waals surface area (Å²) in [4.78, 5) is 41.2. The third-order valence-corrected chi connectivity index (χ3v) is 6.29. The summed E-state index contributed by atoms with van der Waals surface area (Å²) in [5.74, 6) is -5.27. The van der Waals surface area contributed by atoms with Gasteiger partial charge in [-0.3, -0.25) is 14.4 Å². The van der Waals surface area contributed by atoms with E-state index in [1.165, 1.54) is 6.92 Å². The lowest BCUT2D eigenvalue weighted by Crippen LogP contribution is -2.57. The number of nitrogens with one attached hydrogen (secondary N) is 1. The highest BCUT2D eigenvalue weighted by Gasteiger charge is 2.47. The number of piperidine rings is 1. The molecule has 1 fully saturated rings. The van der Waals surface area contributed by atoms with Gasteiger partial charge < -0.3 is 15.1 Å². The minimum Gasteiger partial charge on any atom is -0.343 e. The monoisotopic (exact) mass is 445 g/mol. The van der Waals surface area contributed by atoms with Crippen LogP contribution in [0.3, 0.4) is 0 Å². The molecule has 0 bridgehead atoms. The smallest absolute Gasteiger partial charge is 0.254 e. The molecule has 4 rings (SSSR count). The van der Waals surface area contributed by atoms with Crippen molar-refractivity contribution in [2.75, 3.05) is 18.4 Å². The Morgan fingerprint density at radius 1 is 1.06 bits per heavy atom. The van der Waals surface area contributed by atoms with E-state index in [-0.39, 0.29) is 23.9 Å². The normalized spacial score (nSPS) is 17.3. The Bertz CT molecular complexity index is 1070. The molecule has 3 amide bonds. The van der Waals surface area contributed by atoms with Crippen LogP contribution in [0, 0.1) is 17.5 Å². The molecule has 168 valence electrons. The lowest BCUT2D eigenvalue weighted by molar-refractivity contribution is -0.131. The van der Waals surface area contributed by atoms with Gasteiger partial charge in [0.05, 0.1) is 12.0 Å². The van der Waals surface area contributed by atoms with Gasteiger partial charge in [-0.25, -0.2) is 13.2 Å². The molecule has 2 aromatic carbocycles. The topological polar surface area (TPSA) is 69.7 Å². The van der Waals surface area contributed by atoms with Crippen LogP contribution in [0.5, 0.6) is 0 Å². The standard InChI is InChI=1S/C23H22F3N3O3/c1-14(30)28-8-6-23(7-9-28,29-13-15-4-2-3-5-17(15)22(29)32)12-20(31)27-16-10-18(24)21(26)19(25)11-16/h2-5,10-11H,6-9,12-13H2,1H3,(H,27,31). The summed E-state index contributed by atoms with van der Waals surface area (Å²) in [6.07, 6.45) is 0.636. The van der Waals surface area contributed by atoms with Gasteiger partial charge >= 0.3 is 0 Å². The summed E-state index contributed by atoms with van der Waals surface area (Å²) in [5.41, 5.74) is 0.347. The van der Waals surface area contributed by atoms with E-state index in [0.29, 0.717) is 50.2 Å². The molecule has 0 aromatic heterocycles. The summed E-state index contributed by atoms with van der Waals surface area (Å²) in [7, 11) is 0. The summed E-state index contributed by atoms with van der Waals surface area (Å²) >= 11 is 0. The van der Waals surface area contributed by atoms with Crippen molar-refractivity contribution in [1.82, 2.24) is 9.80 Å². The van der Waals surface area contributed by atoms with Gasteiger partial charge in [-0.2, -0.15) is 0 Å². The van der Waals surface area contributed by atoms with Crippen molar-refractivity contribution in [1.29, 1.82) is 0 Å². The van der Waals surface area contributed by atoms with Crippen LogP contribution in [-0.4, -0.2) is 46.1 Å². The molecular weight excluding hydrogens is 423 g/mol. The molecule has 1 N–H and O–H groups in total. The second-order valence-corrected chi connectivity index (χ2v) is 8.26. The zero-order valence-corrected chi connectivity index (χ0v) is 17.5. The van der Waals surface area contributed by atoms with E-state index in [1.807, 2.05) is 12.1 Å². The fourth-order valence-corrected chi connectivity index (χ4v) is 4.55. The molecule has 0 saturated carbocycles. The van der Waals surface area contributed by atoms with Crippen molar-refractivity contribution in [3.63, 3.8) is 0 Å². The minimum atomic E-state index is -1.61. The molecule has 2 heterocycles. The molecular formula is C23H22F3N3O3. The Hall–Kier alpha value is -3.36. The Morgan fingerprint density at radius 2 is 1.69 bits per heavy atom. The molecule has 32 heavy (non-hydrogen) atoms. The van der Waals surface area contributed by atoms with E-state index in [1.54, 1.807) is 21.9 Å². The fraction of sp³-hybridized carbons (Fsp3) is 0.348. The molecule has 0 spiro atoms. The Morgan fingerprint density at radius 3 is 2.28 bits per heavy atom. The van der Waals surface area contributed by atoms with E-state index < -0.39 is 28.9 Å². The lowest BCUT2D eigenvalue weighted by atomic mass is 9.82. The quantitative estimate of drug-likeness (QED) is 0.733. The van der Waals surface area contributed by atoms with E-state index in [0.717, 1.165) is 5.56 Å². The number of halogens is 3. The van der Waals surface area contributed by atoms with Gasteiger partial charge in [0.2, 0.25) is 11.8 Å². The minimum absolute atomic E-state index is 0.0867. The maximum Gasteiger partial charge on any atom is 0.254 e. The van der Waals surface area contributed by atoms with E-state index in [9.17, 15) is 27.6 Å². The highest BCUT2D eigenvalue weighted by Crippen LogP contribution is 2.39. The molecule has 0 radical (unpaired) electrons. The number of amides is 3. The number of hydrogen-bond donors (Lipinski definition) is 1. The molecule has 2 aromatic rings. The highest BCUT2D eigenvalue weighted by atomic mass is 19.2. The van der Waals surface area contributed by atoms with Crippen LogP contribution >= 0.6 is 0 Å². The van der Waals surface area contributed by atoms with Crippen molar-refractivity contribution in [2.45, 2.75) is 38.3 Å². The van der Waals surface area contributed by atoms with Crippen LogP contribution in [0.2, 0.25) is 0 Å². The van der Waals surface area contributed by atoms with Crippen LogP contribution in [0.1, 0.15) is 42.1 Å². The number of likely N-dealkylation sites (tertiary alicyclic amines) is 1. The number of hydrogen-bond acceptors (Lipinski definition) is 3.